The lowest BCUT2D eigenvalue weighted by Crippen LogP contribution is -2.24. The number of rotatable bonds is 5. The second kappa shape index (κ2) is 5.80. The Balaban J connectivity index is 2.64. The van der Waals surface area contributed by atoms with Gasteiger partial charge in [0, 0.05) is 6.07 Å². The summed E-state index contributed by atoms with van der Waals surface area (Å²) in [5, 5.41) is 8.74. The number of hydrogen-bond acceptors (Lipinski definition) is 3. The third-order valence-corrected chi connectivity index (χ3v) is 4.18. The highest BCUT2D eigenvalue weighted by molar-refractivity contribution is 6.69. The van der Waals surface area contributed by atoms with E-state index in [-0.39, 0.29) is 0 Å². The van der Waals surface area contributed by atoms with E-state index in [1.807, 2.05) is 25.2 Å². The van der Waals surface area contributed by atoms with Crippen molar-refractivity contribution in [3.8, 4) is 5.75 Å². The largest absolute Gasteiger partial charge is 0.489 e. The van der Waals surface area contributed by atoms with E-state index in [9.17, 15) is 4.80 Å². The van der Waals surface area contributed by atoms with Crippen LogP contribution in [0.2, 0.25) is 19.1 Å². The SMILES string of the molecule is COc1cc(CCC[Si](C)(C)O)ccc1[N+]#N. The van der Waals surface area contributed by atoms with Crippen LogP contribution in [-0.2, 0) is 6.42 Å². The van der Waals surface area contributed by atoms with E-state index in [0.717, 1.165) is 24.4 Å². The van der Waals surface area contributed by atoms with Crippen LogP contribution >= 0.6 is 0 Å². The molecular formula is C12H19N2O2Si+. The quantitative estimate of drug-likeness (QED) is 0.645. The monoisotopic (exact) mass is 251 g/mol. The summed E-state index contributed by atoms with van der Waals surface area (Å²) in [6.45, 7) is 3.89. The molecule has 0 saturated heterocycles. The predicted octanol–water partition coefficient (Wildman–Crippen LogP) is 3.31. The maximum atomic E-state index is 9.74. The summed E-state index contributed by atoms with van der Waals surface area (Å²) >= 11 is 0. The summed E-state index contributed by atoms with van der Waals surface area (Å²) < 4.78 is 5.13. The fourth-order valence-electron chi connectivity index (χ4n) is 1.69. The number of ether oxygens (including phenoxy) is 1. The lowest BCUT2D eigenvalue weighted by atomic mass is 10.1. The van der Waals surface area contributed by atoms with Crippen LogP contribution in [0.4, 0.5) is 5.69 Å². The molecule has 0 aliphatic carbocycles. The average Bonchev–Trinajstić information content (AvgIpc) is 2.27. The van der Waals surface area contributed by atoms with E-state index in [2.05, 4.69) is 4.98 Å². The van der Waals surface area contributed by atoms with E-state index in [4.69, 9.17) is 10.1 Å². The molecule has 17 heavy (non-hydrogen) atoms. The molecule has 4 nitrogen and oxygen atoms in total. The van der Waals surface area contributed by atoms with Gasteiger partial charge in [0.2, 0.25) is 11.1 Å². The van der Waals surface area contributed by atoms with Crippen molar-refractivity contribution < 1.29 is 9.53 Å². The third kappa shape index (κ3) is 4.55. The second-order valence-corrected chi connectivity index (χ2v) is 8.90. The highest BCUT2D eigenvalue weighted by atomic mass is 28.4. The van der Waals surface area contributed by atoms with Crippen LogP contribution in [0.3, 0.4) is 0 Å². The summed E-state index contributed by atoms with van der Waals surface area (Å²) in [4.78, 5) is 12.9. The molecule has 0 fully saturated rings. The summed E-state index contributed by atoms with van der Waals surface area (Å²) in [5.41, 5.74) is 1.57. The standard InChI is InChI=1S/C12H19N2O2Si/c1-16-12-9-10(6-7-11(12)14-13)5-4-8-17(2,3)15/h6-7,9,15H,4-5,8H2,1-3H3/q+1. The van der Waals surface area contributed by atoms with Crippen LogP contribution < -0.4 is 4.74 Å². The van der Waals surface area contributed by atoms with Crippen molar-refractivity contribution in [2.24, 2.45) is 0 Å². The van der Waals surface area contributed by atoms with Crippen LogP contribution in [0, 0.1) is 5.39 Å². The van der Waals surface area contributed by atoms with Crippen molar-refractivity contribution in [2.75, 3.05) is 7.11 Å². The Labute approximate surface area is 103 Å². The van der Waals surface area contributed by atoms with Crippen LogP contribution in [0.1, 0.15) is 12.0 Å². The molecule has 1 rings (SSSR count). The van der Waals surface area contributed by atoms with Crippen molar-refractivity contribution in [3.63, 3.8) is 0 Å². The average molecular weight is 251 g/mol. The zero-order chi connectivity index (χ0) is 12.9. The minimum atomic E-state index is -1.94. The van der Waals surface area contributed by atoms with Gasteiger partial charge in [-0.1, -0.05) is 6.07 Å². The Bertz CT molecular complexity index is 421. The van der Waals surface area contributed by atoms with Crippen LogP contribution in [0.5, 0.6) is 5.75 Å². The maximum absolute atomic E-state index is 9.74. The Morgan fingerprint density at radius 2 is 2.12 bits per heavy atom. The molecular weight excluding hydrogens is 232 g/mol. The second-order valence-electron chi connectivity index (χ2n) is 4.77. The lowest BCUT2D eigenvalue weighted by Gasteiger charge is -2.13. The molecule has 0 saturated carbocycles. The summed E-state index contributed by atoms with van der Waals surface area (Å²) in [6, 6.07) is 6.42. The highest BCUT2D eigenvalue weighted by Crippen LogP contribution is 2.28. The zero-order valence-corrected chi connectivity index (χ0v) is 11.6. The Morgan fingerprint density at radius 1 is 1.41 bits per heavy atom. The third-order valence-electron chi connectivity index (χ3n) is 2.61. The first kappa shape index (κ1) is 13.7. The fourth-order valence-corrected chi connectivity index (χ4v) is 2.73. The molecule has 92 valence electrons. The molecule has 1 aromatic rings. The van der Waals surface area contributed by atoms with Crippen molar-refractivity contribution in [1.82, 2.24) is 0 Å². The van der Waals surface area contributed by atoms with Gasteiger partial charge in [-0.3, -0.25) is 0 Å². The van der Waals surface area contributed by atoms with Crippen LogP contribution in [-0.4, -0.2) is 20.2 Å². The molecule has 0 aliphatic rings. The van der Waals surface area contributed by atoms with E-state index < -0.39 is 8.32 Å². The van der Waals surface area contributed by atoms with E-state index >= 15 is 0 Å². The first-order valence-electron chi connectivity index (χ1n) is 5.70. The van der Waals surface area contributed by atoms with Gasteiger partial charge in [0.25, 0.3) is 0 Å². The molecule has 0 bridgehead atoms. The topological polar surface area (TPSA) is 57.6 Å². The fraction of sp³-hybridized carbons (Fsp3) is 0.500. The number of diazo groups is 1. The summed E-state index contributed by atoms with van der Waals surface area (Å²) in [6.07, 6.45) is 1.87. The van der Waals surface area contributed by atoms with E-state index in [1.165, 1.54) is 0 Å². The van der Waals surface area contributed by atoms with Gasteiger partial charge in [-0.25, -0.2) is 0 Å². The minimum Gasteiger partial charge on any atom is -0.489 e. The van der Waals surface area contributed by atoms with Crippen molar-refractivity contribution in [2.45, 2.75) is 32.0 Å². The molecule has 0 amide bonds. The van der Waals surface area contributed by atoms with Crippen molar-refractivity contribution in [3.05, 3.63) is 28.7 Å². The molecule has 0 radical (unpaired) electrons. The predicted molar refractivity (Wildman–Crippen MR) is 70.6 cm³/mol. The van der Waals surface area contributed by atoms with Gasteiger partial charge < -0.3 is 9.53 Å². The number of nitrogens with zero attached hydrogens (tertiary/aromatic N) is 2. The Kier molecular flexibility index (Phi) is 4.67. The highest BCUT2D eigenvalue weighted by Gasteiger charge is 2.17. The molecule has 0 spiro atoms. The van der Waals surface area contributed by atoms with Gasteiger partial charge in [0.05, 0.1) is 7.11 Å². The van der Waals surface area contributed by atoms with Crippen molar-refractivity contribution in [1.29, 1.82) is 5.39 Å². The number of benzene rings is 1. The molecule has 0 heterocycles. The molecule has 0 unspecified atom stereocenters. The first-order valence-corrected chi connectivity index (χ1v) is 8.86. The van der Waals surface area contributed by atoms with E-state index in [0.29, 0.717) is 11.4 Å². The van der Waals surface area contributed by atoms with Gasteiger partial charge in [-0.05, 0) is 43.6 Å². The Morgan fingerprint density at radius 3 is 2.65 bits per heavy atom. The smallest absolute Gasteiger partial charge is 0.426 e. The molecule has 0 atom stereocenters. The number of hydrogen-bond donors (Lipinski definition) is 1. The van der Waals surface area contributed by atoms with Crippen molar-refractivity contribution >= 4 is 14.0 Å². The molecule has 5 heteroatoms. The van der Waals surface area contributed by atoms with Gasteiger partial charge in [0.1, 0.15) is 0 Å². The Hall–Kier alpha value is -1.38. The van der Waals surface area contributed by atoms with Gasteiger partial charge in [0.15, 0.2) is 13.3 Å². The minimum absolute atomic E-state index is 0.438. The molecule has 1 N–H and O–H groups in total. The lowest BCUT2D eigenvalue weighted by molar-refractivity contribution is 0.416. The molecule has 0 aromatic heterocycles. The van der Waals surface area contributed by atoms with Gasteiger partial charge >= 0.3 is 5.69 Å². The van der Waals surface area contributed by atoms with Gasteiger partial charge in [-0.2, -0.15) is 0 Å². The zero-order valence-electron chi connectivity index (χ0n) is 10.6. The van der Waals surface area contributed by atoms with Crippen LogP contribution in [0.15, 0.2) is 18.2 Å². The molecule has 0 aliphatic heterocycles. The summed E-state index contributed by atoms with van der Waals surface area (Å²) in [5.74, 6) is 0.575. The first-order chi connectivity index (χ1) is 7.96. The molecule has 1 aromatic carbocycles. The number of aryl methyl sites for hydroxylation is 1. The number of methoxy groups -OCH3 is 1. The van der Waals surface area contributed by atoms with Gasteiger partial charge in [-0.15, -0.1) is 0 Å². The summed E-state index contributed by atoms with van der Waals surface area (Å²) in [7, 11) is -0.387. The maximum Gasteiger partial charge on any atom is 0.426 e. The van der Waals surface area contributed by atoms with E-state index in [1.54, 1.807) is 13.2 Å². The van der Waals surface area contributed by atoms with Crippen LogP contribution in [0.25, 0.3) is 4.98 Å². The normalized spacial score (nSPS) is 11.0.